The molecule has 1 aliphatic rings. The second-order valence-electron chi connectivity index (χ2n) is 10.0. The zero-order valence-corrected chi connectivity index (χ0v) is 22.6. The Kier molecular flexibility index (Phi) is 6.97. The quantitative estimate of drug-likeness (QED) is 0.385. The van der Waals surface area contributed by atoms with Crippen LogP contribution >= 0.6 is 0 Å². The molecule has 202 valence electrons. The van der Waals surface area contributed by atoms with Crippen LogP contribution in [0.2, 0.25) is 0 Å². The van der Waals surface area contributed by atoms with Gasteiger partial charge in [0.1, 0.15) is 22.7 Å². The van der Waals surface area contributed by atoms with Gasteiger partial charge in [0.2, 0.25) is 0 Å². The highest BCUT2D eigenvalue weighted by Crippen LogP contribution is 2.33. The lowest BCUT2D eigenvalue weighted by atomic mass is 10.1. The Hall–Kier alpha value is -4.43. The van der Waals surface area contributed by atoms with Gasteiger partial charge in [0.05, 0.1) is 24.1 Å². The molecule has 5 rings (SSSR count). The lowest BCUT2D eigenvalue weighted by Gasteiger charge is -2.34. The zero-order valence-electron chi connectivity index (χ0n) is 22.6. The van der Waals surface area contributed by atoms with Gasteiger partial charge in [0.15, 0.2) is 0 Å². The van der Waals surface area contributed by atoms with Crippen molar-refractivity contribution in [1.29, 1.82) is 0 Å². The van der Waals surface area contributed by atoms with Crippen molar-refractivity contribution in [3.63, 3.8) is 0 Å². The van der Waals surface area contributed by atoms with Crippen molar-refractivity contribution in [2.45, 2.75) is 38.9 Å². The molecule has 3 aromatic heterocycles. The number of hydrogen-bond acceptors (Lipinski definition) is 7. The second kappa shape index (κ2) is 10.4. The average molecular weight is 529 g/mol. The largest absolute Gasteiger partial charge is 0.356 e. The number of fused-ring (bicyclic) bond motifs is 2. The molecule has 4 aromatic rings. The summed E-state index contributed by atoms with van der Waals surface area (Å²) < 4.78 is 4.26. The maximum Gasteiger partial charge on any atom is 0.331 e. The molecule has 1 fully saturated rings. The van der Waals surface area contributed by atoms with Crippen LogP contribution in [0, 0.1) is 11.8 Å². The van der Waals surface area contributed by atoms with E-state index in [0.29, 0.717) is 30.3 Å². The molecular formula is C28H32N8O3. The smallest absolute Gasteiger partial charge is 0.331 e. The third-order valence-corrected chi connectivity index (χ3v) is 7.14. The summed E-state index contributed by atoms with van der Waals surface area (Å²) in [6.07, 6.45) is 3.40. The Morgan fingerprint density at radius 3 is 2.67 bits per heavy atom. The van der Waals surface area contributed by atoms with Crippen LogP contribution in [-0.4, -0.2) is 67.7 Å². The van der Waals surface area contributed by atoms with E-state index in [9.17, 15) is 14.4 Å². The van der Waals surface area contributed by atoms with E-state index in [1.807, 2.05) is 29.2 Å². The molecule has 39 heavy (non-hydrogen) atoms. The Bertz CT molecular complexity index is 1770. The summed E-state index contributed by atoms with van der Waals surface area (Å²) in [7, 11) is 4.88. The van der Waals surface area contributed by atoms with Crippen molar-refractivity contribution in [1.82, 2.24) is 28.6 Å². The molecule has 1 aromatic carbocycles. The fourth-order valence-electron chi connectivity index (χ4n) is 5.26. The molecule has 0 aliphatic carbocycles. The van der Waals surface area contributed by atoms with Gasteiger partial charge in [0.25, 0.3) is 11.5 Å². The predicted molar refractivity (Wildman–Crippen MR) is 151 cm³/mol. The standard InChI is InChI=1S/C28H32N8O3/c1-5-6-14-35-24-23(22(26(37)32(2)3)25(35)34-13-9-11-19(29)16-34)33(4)28(39)36(27(24)38)17-21-30-15-18-10-7-8-12-20(18)31-21/h7-8,10,12,15,19H,9,11,13-14,16-17,29H2,1-4H3/t19-/m1/s1. The Morgan fingerprint density at radius 2 is 1.95 bits per heavy atom. The van der Waals surface area contributed by atoms with Crippen LogP contribution in [0.25, 0.3) is 21.9 Å². The maximum absolute atomic E-state index is 14.1. The number of carbonyl (C=O) groups is 1. The number of para-hydroxylation sites is 1. The third kappa shape index (κ3) is 4.57. The molecule has 0 unspecified atom stereocenters. The molecule has 11 nitrogen and oxygen atoms in total. The molecule has 4 heterocycles. The summed E-state index contributed by atoms with van der Waals surface area (Å²) in [6, 6.07) is 7.44. The fourth-order valence-corrected chi connectivity index (χ4v) is 5.26. The van der Waals surface area contributed by atoms with E-state index < -0.39 is 11.2 Å². The number of anilines is 1. The molecule has 0 spiro atoms. The molecule has 0 bridgehead atoms. The minimum absolute atomic E-state index is 0.0738. The summed E-state index contributed by atoms with van der Waals surface area (Å²) >= 11 is 0. The zero-order chi connectivity index (χ0) is 27.8. The molecule has 1 aliphatic heterocycles. The van der Waals surface area contributed by atoms with Crippen LogP contribution in [0.3, 0.4) is 0 Å². The number of nitrogens with zero attached hydrogens (tertiary/aromatic N) is 7. The number of hydrogen-bond donors (Lipinski definition) is 1. The number of aryl methyl sites for hydroxylation is 1. The Morgan fingerprint density at radius 1 is 1.18 bits per heavy atom. The Balaban J connectivity index is 1.81. The lowest BCUT2D eigenvalue weighted by molar-refractivity contribution is 0.0829. The molecule has 1 amide bonds. The summed E-state index contributed by atoms with van der Waals surface area (Å²) in [4.78, 5) is 53.9. The number of carbonyl (C=O) groups excluding carboxylic acids is 1. The van der Waals surface area contributed by atoms with Crippen LogP contribution < -0.4 is 21.9 Å². The van der Waals surface area contributed by atoms with E-state index in [2.05, 4.69) is 21.8 Å². The van der Waals surface area contributed by atoms with Crippen molar-refractivity contribution >= 4 is 33.7 Å². The third-order valence-electron chi connectivity index (χ3n) is 7.14. The van der Waals surface area contributed by atoms with Gasteiger partial charge in [-0.05, 0) is 25.8 Å². The van der Waals surface area contributed by atoms with Gasteiger partial charge in [-0.2, -0.15) is 0 Å². The monoisotopic (exact) mass is 528 g/mol. The number of rotatable bonds is 5. The van der Waals surface area contributed by atoms with Crippen molar-refractivity contribution < 1.29 is 4.79 Å². The van der Waals surface area contributed by atoms with Gasteiger partial charge in [0, 0.05) is 51.9 Å². The van der Waals surface area contributed by atoms with E-state index in [0.717, 1.165) is 28.3 Å². The number of piperidine rings is 1. The summed E-state index contributed by atoms with van der Waals surface area (Å²) in [6.45, 7) is 2.98. The first-order valence-electron chi connectivity index (χ1n) is 12.9. The van der Waals surface area contributed by atoms with Crippen LogP contribution in [0.4, 0.5) is 5.82 Å². The predicted octanol–water partition coefficient (Wildman–Crippen LogP) is 1.15. The van der Waals surface area contributed by atoms with Gasteiger partial charge in [-0.15, -0.1) is 5.92 Å². The van der Waals surface area contributed by atoms with Crippen molar-refractivity contribution in [2.24, 2.45) is 12.8 Å². The first-order valence-corrected chi connectivity index (χ1v) is 12.9. The van der Waals surface area contributed by atoms with Gasteiger partial charge in [-0.1, -0.05) is 24.1 Å². The van der Waals surface area contributed by atoms with E-state index in [4.69, 9.17) is 5.73 Å². The molecule has 11 heteroatoms. The molecule has 0 saturated carbocycles. The minimum Gasteiger partial charge on any atom is -0.356 e. The SMILES string of the molecule is CC#CCn1c(N2CCC[C@@H](N)C2)c(C(=O)N(C)C)c2c1c(=O)n(Cc1ncc3ccccc3n1)c(=O)n2C. The van der Waals surface area contributed by atoms with Gasteiger partial charge in [-0.3, -0.25) is 18.7 Å². The number of benzene rings is 1. The van der Waals surface area contributed by atoms with Gasteiger partial charge >= 0.3 is 5.69 Å². The highest BCUT2D eigenvalue weighted by Gasteiger charge is 2.33. The highest BCUT2D eigenvalue weighted by molar-refractivity contribution is 6.10. The molecule has 1 atom stereocenters. The summed E-state index contributed by atoms with van der Waals surface area (Å²) in [5.74, 6) is 6.54. The lowest BCUT2D eigenvalue weighted by Crippen LogP contribution is -2.44. The van der Waals surface area contributed by atoms with Crippen LogP contribution in [-0.2, 0) is 20.1 Å². The van der Waals surface area contributed by atoms with Crippen LogP contribution in [0.5, 0.6) is 0 Å². The van der Waals surface area contributed by atoms with Gasteiger partial charge in [-0.25, -0.2) is 14.8 Å². The molecule has 2 N–H and O–H groups in total. The summed E-state index contributed by atoms with van der Waals surface area (Å²) in [5, 5.41) is 0.861. The fraction of sp³-hybridized carbons (Fsp3) is 0.393. The highest BCUT2D eigenvalue weighted by atomic mass is 16.2. The van der Waals surface area contributed by atoms with E-state index in [1.54, 1.807) is 38.8 Å². The van der Waals surface area contributed by atoms with E-state index in [1.165, 1.54) is 9.47 Å². The van der Waals surface area contributed by atoms with Crippen molar-refractivity contribution in [3.05, 3.63) is 62.7 Å². The average Bonchev–Trinajstić information content (AvgIpc) is 3.27. The number of aromatic nitrogens is 5. The topological polar surface area (TPSA) is 124 Å². The van der Waals surface area contributed by atoms with Crippen LogP contribution in [0.1, 0.15) is 35.9 Å². The second-order valence-corrected chi connectivity index (χ2v) is 10.0. The van der Waals surface area contributed by atoms with Gasteiger partial charge < -0.3 is 20.1 Å². The first-order chi connectivity index (χ1) is 18.7. The van der Waals surface area contributed by atoms with E-state index in [-0.39, 0.29) is 36.1 Å². The number of amides is 1. The van der Waals surface area contributed by atoms with Crippen LogP contribution in [0.15, 0.2) is 40.1 Å². The first kappa shape index (κ1) is 26.2. The summed E-state index contributed by atoms with van der Waals surface area (Å²) in [5.41, 5.74) is 6.77. The normalized spacial score (nSPS) is 15.4. The van der Waals surface area contributed by atoms with E-state index >= 15 is 0 Å². The molecule has 1 saturated heterocycles. The van der Waals surface area contributed by atoms with Crippen molar-refractivity contribution in [3.8, 4) is 11.8 Å². The maximum atomic E-state index is 14.1. The minimum atomic E-state index is -0.558. The Labute approximate surface area is 225 Å². The molecular weight excluding hydrogens is 496 g/mol. The van der Waals surface area contributed by atoms with Crippen molar-refractivity contribution in [2.75, 3.05) is 32.1 Å². The molecule has 0 radical (unpaired) electrons. The number of nitrogens with two attached hydrogens (primary N) is 1.